The van der Waals surface area contributed by atoms with Crippen LogP contribution in [0.15, 0.2) is 107 Å². The predicted octanol–water partition coefficient (Wildman–Crippen LogP) is 6.96. The predicted molar refractivity (Wildman–Crippen MR) is 179 cm³/mol. The van der Waals surface area contributed by atoms with Gasteiger partial charge >= 0.3 is 11.9 Å². The molecule has 244 valence electrons. The summed E-state index contributed by atoms with van der Waals surface area (Å²) in [6.07, 6.45) is 4.10. The highest BCUT2D eigenvalue weighted by atomic mass is 16.6. The van der Waals surface area contributed by atoms with Crippen LogP contribution in [0.1, 0.15) is 45.8 Å². The van der Waals surface area contributed by atoms with Gasteiger partial charge in [0, 0.05) is 35.3 Å². The molecule has 5 aromatic rings. The highest BCUT2D eigenvalue weighted by Crippen LogP contribution is 2.28. The van der Waals surface area contributed by atoms with Gasteiger partial charge in [-0.1, -0.05) is 0 Å². The maximum atomic E-state index is 12.6. The van der Waals surface area contributed by atoms with Crippen LogP contribution in [0, 0.1) is 24.0 Å². The number of nitro benzene ring substituents is 1. The van der Waals surface area contributed by atoms with Crippen molar-refractivity contribution < 1.29 is 33.1 Å². The molecule has 0 radical (unpaired) electrons. The van der Waals surface area contributed by atoms with E-state index in [1.807, 2.05) is 24.3 Å². The number of hydrogen-bond acceptors (Lipinski definition) is 9. The Bertz CT molecular complexity index is 1950. The Kier molecular flexibility index (Phi) is 10.5. The number of carbonyl (C=O) groups is 2. The number of hydrogen-bond donors (Lipinski definition) is 1. The number of nitro groups is 1. The Hall–Kier alpha value is -6.43. The molecule has 48 heavy (non-hydrogen) atoms. The second-order valence-corrected chi connectivity index (χ2v) is 10.4. The van der Waals surface area contributed by atoms with Crippen molar-refractivity contribution in [1.82, 2.24) is 9.99 Å². The maximum Gasteiger partial charge on any atom is 0.336 e. The van der Waals surface area contributed by atoms with Crippen molar-refractivity contribution in [2.75, 3.05) is 6.61 Å². The van der Waals surface area contributed by atoms with Crippen LogP contribution in [0.25, 0.3) is 11.8 Å². The van der Waals surface area contributed by atoms with E-state index < -0.39 is 16.8 Å². The number of carbonyl (C=O) groups excluding carboxylic acids is 2. The van der Waals surface area contributed by atoms with E-state index in [4.69, 9.17) is 18.6 Å². The van der Waals surface area contributed by atoms with E-state index in [-0.39, 0.29) is 23.8 Å². The summed E-state index contributed by atoms with van der Waals surface area (Å²) in [5.41, 5.74) is 6.87. The van der Waals surface area contributed by atoms with Gasteiger partial charge in [0.2, 0.25) is 0 Å². The van der Waals surface area contributed by atoms with Crippen LogP contribution < -0.4 is 19.6 Å². The lowest BCUT2D eigenvalue weighted by atomic mass is 10.2. The highest BCUT2D eigenvalue weighted by Gasteiger charge is 2.13. The number of aromatic nitrogens is 1. The maximum absolute atomic E-state index is 12.6. The molecule has 0 unspecified atom stereocenters. The molecule has 12 heteroatoms. The van der Waals surface area contributed by atoms with Crippen molar-refractivity contribution in [2.24, 2.45) is 5.10 Å². The number of furan rings is 1. The minimum absolute atomic E-state index is 0.0489. The average molecular weight is 649 g/mol. The van der Waals surface area contributed by atoms with Crippen LogP contribution in [-0.2, 0) is 11.4 Å². The summed E-state index contributed by atoms with van der Waals surface area (Å²) in [4.78, 5) is 35.3. The number of benzene rings is 3. The van der Waals surface area contributed by atoms with E-state index in [0.29, 0.717) is 35.0 Å². The number of nitrogens with one attached hydrogen (secondary N) is 1. The standard InChI is InChI=1S/C36H32N4O8/c1-4-45-34-21-27(9-18-32(34)48-35(41)20-10-26-7-11-29(12-8-26)40(43)44)22-37-38-36(42)33-19-17-31(47-33)23-46-30-15-13-28(14-16-30)39-24(2)5-6-25(39)3/h5-22H,4,23H2,1-3H3,(H,38,42)/b20-10+,37-22+. The van der Waals surface area contributed by atoms with E-state index in [9.17, 15) is 19.7 Å². The smallest absolute Gasteiger partial charge is 0.336 e. The van der Waals surface area contributed by atoms with Crippen LogP contribution in [0.5, 0.6) is 17.2 Å². The molecule has 1 N–H and O–H groups in total. The fourth-order valence-corrected chi connectivity index (χ4v) is 4.69. The first-order valence-electron chi connectivity index (χ1n) is 14.9. The molecule has 5 rings (SSSR count). The number of rotatable bonds is 13. The molecule has 0 fully saturated rings. The van der Waals surface area contributed by atoms with Crippen molar-refractivity contribution in [2.45, 2.75) is 27.4 Å². The van der Waals surface area contributed by atoms with Gasteiger partial charge in [0.15, 0.2) is 17.3 Å². The van der Waals surface area contributed by atoms with Crippen LogP contribution in [0.4, 0.5) is 5.69 Å². The minimum Gasteiger partial charge on any atom is -0.490 e. The molecular weight excluding hydrogens is 616 g/mol. The molecule has 0 atom stereocenters. The average Bonchev–Trinajstić information content (AvgIpc) is 3.70. The number of aryl methyl sites for hydroxylation is 2. The number of amides is 1. The number of esters is 1. The van der Waals surface area contributed by atoms with Gasteiger partial charge in [-0.15, -0.1) is 0 Å². The van der Waals surface area contributed by atoms with Gasteiger partial charge in [-0.2, -0.15) is 5.10 Å². The van der Waals surface area contributed by atoms with Crippen LogP contribution in [0.2, 0.25) is 0 Å². The number of ether oxygens (including phenoxy) is 3. The molecule has 2 aromatic heterocycles. The Balaban J connectivity index is 1.13. The molecule has 0 aliphatic heterocycles. The summed E-state index contributed by atoms with van der Waals surface area (Å²) in [6, 6.07) is 25.6. The van der Waals surface area contributed by atoms with Gasteiger partial charge in [0.25, 0.3) is 5.69 Å². The quantitative estimate of drug-likeness (QED) is 0.0360. The third kappa shape index (κ3) is 8.43. The van der Waals surface area contributed by atoms with E-state index in [2.05, 4.69) is 41.1 Å². The summed E-state index contributed by atoms with van der Waals surface area (Å²) < 4.78 is 24.7. The van der Waals surface area contributed by atoms with Gasteiger partial charge in [0.1, 0.15) is 18.1 Å². The zero-order valence-corrected chi connectivity index (χ0v) is 26.4. The van der Waals surface area contributed by atoms with Crippen LogP contribution >= 0.6 is 0 Å². The van der Waals surface area contributed by atoms with Crippen molar-refractivity contribution in [1.29, 1.82) is 0 Å². The molecule has 0 aliphatic carbocycles. The summed E-state index contributed by atoms with van der Waals surface area (Å²) in [5, 5.41) is 14.8. The first-order valence-corrected chi connectivity index (χ1v) is 14.9. The summed E-state index contributed by atoms with van der Waals surface area (Å²) in [5.74, 6) is 0.475. The van der Waals surface area contributed by atoms with Crippen LogP contribution in [0.3, 0.4) is 0 Å². The second-order valence-electron chi connectivity index (χ2n) is 10.4. The van der Waals surface area contributed by atoms with Gasteiger partial charge in [-0.05, 0) is 117 Å². The van der Waals surface area contributed by atoms with Crippen molar-refractivity contribution in [3.8, 4) is 22.9 Å². The van der Waals surface area contributed by atoms with Gasteiger partial charge < -0.3 is 23.2 Å². The zero-order valence-electron chi connectivity index (χ0n) is 26.4. The topological polar surface area (TPSA) is 147 Å². The van der Waals surface area contributed by atoms with Gasteiger partial charge in [-0.25, -0.2) is 10.2 Å². The largest absolute Gasteiger partial charge is 0.490 e. The molecule has 0 aliphatic rings. The molecule has 3 aromatic carbocycles. The molecule has 12 nitrogen and oxygen atoms in total. The number of hydrazone groups is 1. The summed E-state index contributed by atoms with van der Waals surface area (Å²) in [6.45, 7) is 6.34. The highest BCUT2D eigenvalue weighted by molar-refractivity contribution is 5.92. The third-order valence-corrected chi connectivity index (χ3v) is 7.01. The molecular formula is C36H32N4O8. The Morgan fingerprint density at radius 2 is 1.60 bits per heavy atom. The summed E-state index contributed by atoms with van der Waals surface area (Å²) in [7, 11) is 0. The summed E-state index contributed by atoms with van der Waals surface area (Å²) >= 11 is 0. The monoisotopic (exact) mass is 648 g/mol. The van der Waals surface area contributed by atoms with E-state index in [1.54, 1.807) is 31.2 Å². The lowest BCUT2D eigenvalue weighted by Crippen LogP contribution is -2.16. The Morgan fingerprint density at radius 1 is 0.896 bits per heavy atom. The lowest BCUT2D eigenvalue weighted by Gasteiger charge is -2.10. The van der Waals surface area contributed by atoms with Gasteiger partial charge in [-0.3, -0.25) is 14.9 Å². The first-order chi connectivity index (χ1) is 23.2. The molecule has 1 amide bonds. The van der Waals surface area contributed by atoms with Crippen molar-refractivity contribution >= 4 is 29.9 Å². The van der Waals surface area contributed by atoms with Crippen LogP contribution in [-0.4, -0.2) is 34.2 Å². The van der Waals surface area contributed by atoms with Crippen molar-refractivity contribution in [3.63, 3.8) is 0 Å². The van der Waals surface area contributed by atoms with E-state index in [1.165, 1.54) is 48.7 Å². The van der Waals surface area contributed by atoms with Crippen molar-refractivity contribution in [3.05, 3.63) is 141 Å². The Morgan fingerprint density at radius 3 is 2.29 bits per heavy atom. The zero-order chi connectivity index (χ0) is 34.0. The molecule has 0 spiro atoms. The first kappa shape index (κ1) is 32.9. The second kappa shape index (κ2) is 15.2. The third-order valence-electron chi connectivity index (χ3n) is 7.01. The molecule has 2 heterocycles. The normalized spacial score (nSPS) is 11.1. The molecule has 0 saturated carbocycles. The fraction of sp³-hybridized carbons (Fsp3) is 0.139. The SMILES string of the molecule is CCOc1cc(/C=N/NC(=O)c2ccc(COc3ccc(-n4c(C)ccc4C)cc3)o2)ccc1OC(=O)/C=C/c1ccc([N+](=O)[O-])cc1. The van der Waals surface area contributed by atoms with Gasteiger partial charge in [0.05, 0.1) is 17.7 Å². The lowest BCUT2D eigenvalue weighted by molar-refractivity contribution is -0.384. The fourth-order valence-electron chi connectivity index (χ4n) is 4.69. The van der Waals surface area contributed by atoms with E-state index >= 15 is 0 Å². The minimum atomic E-state index is -0.665. The van der Waals surface area contributed by atoms with E-state index in [0.717, 1.165) is 17.1 Å². The molecule has 0 bridgehead atoms. The number of nitrogens with zero attached hydrogens (tertiary/aromatic N) is 3. The molecule has 0 saturated heterocycles. The number of non-ortho nitro benzene ring substituents is 1. The Labute approximate surface area is 276 Å².